The van der Waals surface area contributed by atoms with Crippen LogP contribution >= 0.6 is 15.9 Å². The number of esters is 1. The van der Waals surface area contributed by atoms with Crippen LogP contribution in [0.3, 0.4) is 0 Å². The molecule has 0 fully saturated rings. The predicted molar refractivity (Wildman–Crippen MR) is 67.4 cm³/mol. The van der Waals surface area contributed by atoms with Gasteiger partial charge in [-0.05, 0) is 25.1 Å². The van der Waals surface area contributed by atoms with Crippen molar-refractivity contribution >= 4 is 33.3 Å². The van der Waals surface area contributed by atoms with Crippen LogP contribution in [0.4, 0.5) is 5.69 Å². The Kier molecular flexibility index (Phi) is 5.17. The zero-order valence-corrected chi connectivity index (χ0v) is 10.7. The highest BCUT2D eigenvalue weighted by Gasteiger charge is 2.11. The van der Waals surface area contributed by atoms with Crippen molar-refractivity contribution in [2.24, 2.45) is 5.10 Å². The Labute approximate surface area is 107 Å². The molecule has 0 aliphatic carbocycles. The third kappa shape index (κ3) is 4.25. The number of benzene rings is 1. The van der Waals surface area contributed by atoms with E-state index in [0.717, 1.165) is 4.47 Å². The highest BCUT2D eigenvalue weighted by atomic mass is 79.9. The van der Waals surface area contributed by atoms with Crippen LogP contribution in [0.2, 0.25) is 0 Å². The lowest BCUT2D eigenvalue weighted by molar-refractivity contribution is -0.134. The molecular weight excluding hydrogens is 286 g/mol. The number of ether oxygens (including phenoxy) is 1. The first kappa shape index (κ1) is 13.2. The zero-order valence-electron chi connectivity index (χ0n) is 9.11. The Morgan fingerprint density at radius 1 is 1.65 bits per heavy atom. The van der Waals surface area contributed by atoms with Crippen molar-refractivity contribution in [3.8, 4) is 6.07 Å². The fourth-order valence-electron chi connectivity index (χ4n) is 0.994. The third-order valence-electron chi connectivity index (χ3n) is 1.70. The first-order chi connectivity index (χ1) is 8.17. The molecule has 1 aromatic rings. The molecule has 0 heterocycles. The summed E-state index contributed by atoms with van der Waals surface area (Å²) in [5.74, 6) is -0.738. The Balaban J connectivity index is 2.75. The maximum atomic E-state index is 11.2. The van der Waals surface area contributed by atoms with Crippen LogP contribution < -0.4 is 5.43 Å². The molecule has 6 heteroatoms. The van der Waals surface area contributed by atoms with Crippen molar-refractivity contribution in [2.45, 2.75) is 6.92 Å². The Bertz CT molecular complexity index is 480. The van der Waals surface area contributed by atoms with E-state index in [0.29, 0.717) is 5.69 Å². The molecule has 0 saturated carbocycles. The van der Waals surface area contributed by atoms with Crippen LogP contribution in [0.1, 0.15) is 6.92 Å². The van der Waals surface area contributed by atoms with E-state index in [2.05, 4.69) is 31.2 Å². The highest BCUT2D eigenvalue weighted by Crippen LogP contribution is 2.15. The molecule has 0 aliphatic rings. The van der Waals surface area contributed by atoms with Gasteiger partial charge in [-0.25, -0.2) is 4.79 Å². The van der Waals surface area contributed by atoms with Crippen molar-refractivity contribution in [1.29, 1.82) is 5.26 Å². The number of carbonyl (C=O) groups is 1. The molecule has 88 valence electrons. The number of rotatable bonds is 4. The van der Waals surface area contributed by atoms with E-state index in [1.807, 2.05) is 6.07 Å². The molecule has 0 spiro atoms. The largest absolute Gasteiger partial charge is 0.461 e. The topological polar surface area (TPSA) is 74.5 Å². The van der Waals surface area contributed by atoms with Gasteiger partial charge in [0.05, 0.1) is 12.3 Å². The van der Waals surface area contributed by atoms with Gasteiger partial charge >= 0.3 is 5.97 Å². The summed E-state index contributed by atoms with van der Waals surface area (Å²) < 4.78 is 5.53. The molecule has 0 amide bonds. The number of carbonyl (C=O) groups excluding carboxylic acids is 1. The van der Waals surface area contributed by atoms with Crippen LogP contribution in [-0.4, -0.2) is 18.3 Å². The van der Waals surface area contributed by atoms with Gasteiger partial charge in [-0.15, -0.1) is 0 Å². The van der Waals surface area contributed by atoms with Gasteiger partial charge in [0, 0.05) is 4.47 Å². The number of hydrogen-bond donors (Lipinski definition) is 1. The number of anilines is 1. The summed E-state index contributed by atoms with van der Waals surface area (Å²) in [6, 6.07) is 8.86. The van der Waals surface area contributed by atoms with E-state index >= 15 is 0 Å². The van der Waals surface area contributed by atoms with Crippen LogP contribution in [0, 0.1) is 11.3 Å². The summed E-state index contributed by atoms with van der Waals surface area (Å²) in [6.45, 7) is 1.87. The second-order valence-corrected chi connectivity index (χ2v) is 3.83. The quantitative estimate of drug-likeness (QED) is 0.525. The molecule has 0 saturated heterocycles. The van der Waals surface area contributed by atoms with E-state index in [4.69, 9.17) is 5.26 Å². The van der Waals surface area contributed by atoms with Gasteiger partial charge in [-0.3, -0.25) is 5.43 Å². The van der Waals surface area contributed by atoms with Crippen molar-refractivity contribution in [2.75, 3.05) is 12.0 Å². The molecule has 1 rings (SSSR count). The minimum Gasteiger partial charge on any atom is -0.461 e. The van der Waals surface area contributed by atoms with E-state index in [9.17, 15) is 4.79 Å². The molecule has 0 bridgehead atoms. The van der Waals surface area contributed by atoms with Crippen molar-refractivity contribution in [1.82, 2.24) is 0 Å². The second kappa shape index (κ2) is 6.66. The first-order valence-electron chi connectivity index (χ1n) is 4.84. The van der Waals surface area contributed by atoms with Gasteiger partial charge in [-0.2, -0.15) is 10.4 Å². The number of halogens is 1. The molecular formula is C11H10BrN3O2. The van der Waals surface area contributed by atoms with E-state index < -0.39 is 5.97 Å². The number of nitriles is 1. The number of hydrogen-bond acceptors (Lipinski definition) is 5. The van der Waals surface area contributed by atoms with Crippen molar-refractivity contribution in [3.63, 3.8) is 0 Å². The SMILES string of the molecule is CCOC(=O)/C(C#N)=N/Nc1cccc(Br)c1. The summed E-state index contributed by atoms with van der Waals surface area (Å²) in [4.78, 5) is 11.2. The van der Waals surface area contributed by atoms with Gasteiger partial charge in [0.1, 0.15) is 6.07 Å². The molecule has 5 nitrogen and oxygen atoms in total. The molecule has 17 heavy (non-hydrogen) atoms. The molecule has 1 N–H and O–H groups in total. The summed E-state index contributed by atoms with van der Waals surface area (Å²) in [5, 5.41) is 12.4. The van der Waals surface area contributed by atoms with Gasteiger partial charge in [0.2, 0.25) is 5.71 Å². The second-order valence-electron chi connectivity index (χ2n) is 2.91. The van der Waals surface area contributed by atoms with E-state index in [-0.39, 0.29) is 12.3 Å². The fraction of sp³-hybridized carbons (Fsp3) is 0.182. The van der Waals surface area contributed by atoms with Crippen LogP contribution in [0.5, 0.6) is 0 Å². The average molecular weight is 296 g/mol. The van der Waals surface area contributed by atoms with Crippen LogP contribution in [0.15, 0.2) is 33.8 Å². The summed E-state index contributed by atoms with van der Waals surface area (Å²) in [5.41, 5.74) is 2.96. The maximum Gasteiger partial charge on any atom is 0.369 e. The van der Waals surface area contributed by atoms with Gasteiger partial charge in [0.15, 0.2) is 0 Å². The summed E-state index contributed by atoms with van der Waals surface area (Å²) in [6.07, 6.45) is 0. The minimum atomic E-state index is -0.738. The number of nitrogens with one attached hydrogen (secondary N) is 1. The Hall–Kier alpha value is -1.87. The molecule has 0 unspecified atom stereocenters. The number of nitrogens with zero attached hydrogens (tertiary/aromatic N) is 2. The smallest absolute Gasteiger partial charge is 0.369 e. The lowest BCUT2D eigenvalue weighted by Crippen LogP contribution is -2.17. The molecule has 0 aliphatic heterocycles. The molecule has 0 radical (unpaired) electrons. The molecule has 1 aromatic carbocycles. The van der Waals surface area contributed by atoms with Crippen LogP contribution in [-0.2, 0) is 9.53 Å². The maximum absolute atomic E-state index is 11.2. The molecule has 0 aromatic heterocycles. The van der Waals surface area contributed by atoms with Gasteiger partial charge in [-0.1, -0.05) is 22.0 Å². The monoisotopic (exact) mass is 295 g/mol. The first-order valence-corrected chi connectivity index (χ1v) is 5.63. The lowest BCUT2D eigenvalue weighted by atomic mass is 10.3. The zero-order chi connectivity index (χ0) is 12.7. The normalized spacial score (nSPS) is 10.5. The fourth-order valence-corrected chi connectivity index (χ4v) is 1.39. The van der Waals surface area contributed by atoms with Gasteiger partial charge in [0.25, 0.3) is 0 Å². The Morgan fingerprint density at radius 3 is 3.00 bits per heavy atom. The average Bonchev–Trinajstić information content (AvgIpc) is 2.30. The van der Waals surface area contributed by atoms with Crippen LogP contribution in [0.25, 0.3) is 0 Å². The van der Waals surface area contributed by atoms with E-state index in [1.165, 1.54) is 0 Å². The summed E-state index contributed by atoms with van der Waals surface area (Å²) >= 11 is 3.29. The Morgan fingerprint density at radius 2 is 2.41 bits per heavy atom. The number of hydrazone groups is 1. The predicted octanol–water partition coefficient (Wildman–Crippen LogP) is 2.30. The lowest BCUT2D eigenvalue weighted by Gasteiger charge is -2.02. The standard InChI is InChI=1S/C11H10BrN3O2/c1-2-17-11(16)10(7-13)15-14-9-5-3-4-8(12)6-9/h3-6,14H,2H2,1H3/b15-10+. The van der Waals surface area contributed by atoms with Gasteiger partial charge < -0.3 is 4.74 Å². The van der Waals surface area contributed by atoms with Crippen molar-refractivity contribution < 1.29 is 9.53 Å². The summed E-state index contributed by atoms with van der Waals surface area (Å²) in [7, 11) is 0. The highest BCUT2D eigenvalue weighted by molar-refractivity contribution is 9.10. The third-order valence-corrected chi connectivity index (χ3v) is 2.19. The van der Waals surface area contributed by atoms with E-state index in [1.54, 1.807) is 31.2 Å². The minimum absolute atomic E-state index is 0.205. The molecule has 0 atom stereocenters. The van der Waals surface area contributed by atoms with Crippen molar-refractivity contribution in [3.05, 3.63) is 28.7 Å².